The molecule has 0 amide bonds. The first kappa shape index (κ1) is 22.3. The molecule has 2 heterocycles. The van der Waals surface area contributed by atoms with Crippen molar-refractivity contribution in [2.24, 2.45) is 12.0 Å². The lowest BCUT2D eigenvalue weighted by molar-refractivity contribution is 0.0616. The number of benzene rings is 1. The van der Waals surface area contributed by atoms with Crippen LogP contribution in [-0.4, -0.2) is 38.5 Å². The molecule has 0 aliphatic carbocycles. The van der Waals surface area contributed by atoms with Crippen LogP contribution in [0.25, 0.3) is 0 Å². The SMILES string of the molecule is CCNC(=NCc1ccc(Cn2ccccc2=O)cc1)NCC(C)(O)c1cnn(C)c1. The highest BCUT2D eigenvalue weighted by molar-refractivity contribution is 5.79. The summed E-state index contributed by atoms with van der Waals surface area (Å²) in [5.74, 6) is 0.631. The van der Waals surface area contributed by atoms with E-state index in [4.69, 9.17) is 0 Å². The van der Waals surface area contributed by atoms with Crippen LogP contribution in [0.2, 0.25) is 0 Å². The van der Waals surface area contributed by atoms with E-state index in [2.05, 4.69) is 20.7 Å². The van der Waals surface area contributed by atoms with Crippen molar-refractivity contribution in [3.63, 3.8) is 0 Å². The number of nitrogens with zero attached hydrogens (tertiary/aromatic N) is 4. The highest BCUT2D eigenvalue weighted by Crippen LogP contribution is 2.18. The summed E-state index contributed by atoms with van der Waals surface area (Å²) in [4.78, 5) is 16.5. The maximum atomic E-state index is 11.9. The highest BCUT2D eigenvalue weighted by Gasteiger charge is 2.24. The van der Waals surface area contributed by atoms with Crippen LogP contribution in [0.5, 0.6) is 0 Å². The monoisotopic (exact) mass is 422 g/mol. The van der Waals surface area contributed by atoms with Crippen molar-refractivity contribution in [3.8, 4) is 0 Å². The Hall–Kier alpha value is -3.39. The first-order chi connectivity index (χ1) is 14.9. The van der Waals surface area contributed by atoms with Gasteiger partial charge in [-0.05, 0) is 31.0 Å². The number of pyridine rings is 1. The van der Waals surface area contributed by atoms with Crippen molar-refractivity contribution in [2.75, 3.05) is 13.1 Å². The zero-order chi connectivity index (χ0) is 22.3. The Kier molecular flexibility index (Phi) is 7.25. The molecule has 8 heteroatoms. The van der Waals surface area contributed by atoms with E-state index in [1.807, 2.05) is 44.3 Å². The Morgan fingerprint density at radius 1 is 1.16 bits per heavy atom. The minimum absolute atomic E-state index is 0.0142. The molecule has 3 N–H and O–H groups in total. The average Bonchev–Trinajstić information content (AvgIpc) is 3.20. The zero-order valence-corrected chi connectivity index (χ0v) is 18.2. The molecule has 0 saturated carbocycles. The van der Waals surface area contributed by atoms with Crippen molar-refractivity contribution in [2.45, 2.75) is 32.5 Å². The molecular formula is C23H30N6O2. The molecule has 0 fully saturated rings. The van der Waals surface area contributed by atoms with Crippen LogP contribution in [0, 0.1) is 0 Å². The summed E-state index contributed by atoms with van der Waals surface area (Å²) in [5, 5.41) is 21.3. The van der Waals surface area contributed by atoms with Crippen molar-refractivity contribution in [1.82, 2.24) is 25.0 Å². The fourth-order valence-corrected chi connectivity index (χ4v) is 3.11. The Balaban J connectivity index is 1.60. The van der Waals surface area contributed by atoms with Gasteiger partial charge in [-0.15, -0.1) is 0 Å². The Bertz CT molecular complexity index is 1070. The van der Waals surface area contributed by atoms with E-state index in [9.17, 15) is 9.90 Å². The summed E-state index contributed by atoms with van der Waals surface area (Å²) >= 11 is 0. The van der Waals surface area contributed by atoms with Crippen LogP contribution in [0.15, 0.2) is 70.8 Å². The molecule has 1 unspecified atom stereocenters. The molecule has 0 spiro atoms. The molecule has 31 heavy (non-hydrogen) atoms. The van der Waals surface area contributed by atoms with E-state index in [0.29, 0.717) is 32.1 Å². The fraction of sp³-hybridized carbons (Fsp3) is 0.348. The predicted molar refractivity (Wildman–Crippen MR) is 122 cm³/mol. The lowest BCUT2D eigenvalue weighted by atomic mass is 10.00. The first-order valence-corrected chi connectivity index (χ1v) is 10.3. The van der Waals surface area contributed by atoms with Gasteiger partial charge < -0.3 is 20.3 Å². The molecule has 0 aliphatic heterocycles. The quantitative estimate of drug-likeness (QED) is 0.378. The van der Waals surface area contributed by atoms with E-state index >= 15 is 0 Å². The zero-order valence-electron chi connectivity index (χ0n) is 18.2. The summed E-state index contributed by atoms with van der Waals surface area (Å²) in [6, 6.07) is 13.2. The van der Waals surface area contributed by atoms with Gasteiger partial charge >= 0.3 is 0 Å². The normalized spacial score (nSPS) is 13.6. The number of nitrogens with one attached hydrogen (secondary N) is 2. The molecule has 1 aromatic carbocycles. The van der Waals surface area contributed by atoms with Gasteiger partial charge in [0.15, 0.2) is 5.96 Å². The van der Waals surface area contributed by atoms with Crippen LogP contribution in [0.4, 0.5) is 0 Å². The van der Waals surface area contributed by atoms with Crippen LogP contribution in [-0.2, 0) is 25.7 Å². The van der Waals surface area contributed by atoms with E-state index < -0.39 is 5.60 Å². The number of aryl methyl sites for hydroxylation is 1. The minimum atomic E-state index is -1.07. The molecule has 0 saturated heterocycles. The molecule has 8 nitrogen and oxygen atoms in total. The van der Waals surface area contributed by atoms with E-state index in [-0.39, 0.29) is 5.56 Å². The van der Waals surface area contributed by atoms with Gasteiger partial charge in [0.1, 0.15) is 5.60 Å². The smallest absolute Gasteiger partial charge is 0.250 e. The Morgan fingerprint density at radius 3 is 2.55 bits per heavy atom. The summed E-state index contributed by atoms with van der Waals surface area (Å²) < 4.78 is 3.34. The van der Waals surface area contributed by atoms with Gasteiger partial charge in [-0.25, -0.2) is 4.99 Å². The van der Waals surface area contributed by atoms with Gasteiger partial charge in [0.2, 0.25) is 0 Å². The second-order valence-corrected chi connectivity index (χ2v) is 7.71. The van der Waals surface area contributed by atoms with Gasteiger partial charge in [0, 0.05) is 37.6 Å². The number of hydrogen-bond donors (Lipinski definition) is 3. The van der Waals surface area contributed by atoms with Gasteiger partial charge in [-0.1, -0.05) is 30.3 Å². The van der Waals surface area contributed by atoms with Crippen molar-refractivity contribution < 1.29 is 5.11 Å². The van der Waals surface area contributed by atoms with Crippen LogP contribution < -0.4 is 16.2 Å². The summed E-state index contributed by atoms with van der Waals surface area (Å²) in [6.45, 7) is 5.79. The largest absolute Gasteiger partial charge is 0.383 e. The molecule has 0 aliphatic rings. The summed E-state index contributed by atoms with van der Waals surface area (Å²) in [5.41, 5.74) is 1.77. The lowest BCUT2D eigenvalue weighted by Gasteiger charge is -2.23. The Labute approximate surface area is 182 Å². The lowest BCUT2D eigenvalue weighted by Crippen LogP contribution is -2.44. The average molecular weight is 423 g/mol. The minimum Gasteiger partial charge on any atom is -0.383 e. The number of hydrogen-bond acceptors (Lipinski definition) is 4. The molecule has 3 rings (SSSR count). The van der Waals surface area contributed by atoms with E-state index in [1.165, 1.54) is 0 Å². The Morgan fingerprint density at radius 2 is 1.90 bits per heavy atom. The highest BCUT2D eigenvalue weighted by atomic mass is 16.3. The maximum absolute atomic E-state index is 11.9. The van der Waals surface area contributed by atoms with Crippen molar-refractivity contribution >= 4 is 5.96 Å². The molecule has 1 atom stereocenters. The van der Waals surface area contributed by atoms with Crippen molar-refractivity contribution in [1.29, 1.82) is 0 Å². The van der Waals surface area contributed by atoms with Gasteiger partial charge in [0.25, 0.3) is 5.56 Å². The summed E-state index contributed by atoms with van der Waals surface area (Å²) in [6.07, 6.45) is 5.25. The molecule has 0 bridgehead atoms. The van der Waals surface area contributed by atoms with Gasteiger partial charge in [-0.2, -0.15) is 5.10 Å². The molecule has 3 aromatic rings. The van der Waals surface area contributed by atoms with Gasteiger partial charge in [-0.3, -0.25) is 9.48 Å². The van der Waals surface area contributed by atoms with Crippen molar-refractivity contribution in [3.05, 3.63) is 88.1 Å². The molecular weight excluding hydrogens is 392 g/mol. The number of rotatable bonds is 8. The maximum Gasteiger partial charge on any atom is 0.250 e. The third-order valence-electron chi connectivity index (χ3n) is 4.97. The number of aliphatic imine (C=N–C) groups is 1. The topological polar surface area (TPSA) is 96.5 Å². The third-order valence-corrected chi connectivity index (χ3v) is 4.97. The third kappa shape index (κ3) is 6.29. The molecule has 164 valence electrons. The molecule has 0 radical (unpaired) electrons. The number of aromatic nitrogens is 3. The van der Waals surface area contributed by atoms with Crippen LogP contribution >= 0.6 is 0 Å². The fourth-order valence-electron chi connectivity index (χ4n) is 3.11. The molecule has 2 aromatic heterocycles. The van der Waals surface area contributed by atoms with E-state index in [1.54, 1.807) is 46.9 Å². The predicted octanol–water partition coefficient (Wildman–Crippen LogP) is 1.59. The standard InChI is InChI=1S/C23H30N6O2/c1-4-24-22(26-17-23(2,31)20-14-27-28(3)16-20)25-13-18-8-10-19(11-9-18)15-29-12-6-5-7-21(29)30/h5-12,14,16,31H,4,13,15,17H2,1-3H3,(H2,24,25,26). The summed E-state index contributed by atoms with van der Waals surface area (Å²) in [7, 11) is 1.82. The first-order valence-electron chi connectivity index (χ1n) is 10.3. The van der Waals surface area contributed by atoms with Crippen LogP contribution in [0.1, 0.15) is 30.5 Å². The van der Waals surface area contributed by atoms with E-state index in [0.717, 1.165) is 16.7 Å². The van der Waals surface area contributed by atoms with Crippen LogP contribution in [0.3, 0.4) is 0 Å². The second kappa shape index (κ2) is 10.1. The second-order valence-electron chi connectivity index (χ2n) is 7.71. The number of aliphatic hydroxyl groups is 1. The van der Waals surface area contributed by atoms with Gasteiger partial charge in [0.05, 0.1) is 25.8 Å². The number of guanidine groups is 1.